The Morgan fingerprint density at radius 2 is 2.07 bits per heavy atom. The number of carboxylic acids is 1. The summed E-state index contributed by atoms with van der Waals surface area (Å²) in [5, 5.41) is 11.1. The average Bonchev–Trinajstić information content (AvgIpc) is 2.26. The number of carbonyl (C=O) groups is 2. The fourth-order valence-corrected chi connectivity index (χ4v) is 0.996. The molecule has 0 fully saturated rings. The van der Waals surface area contributed by atoms with E-state index in [4.69, 9.17) is 5.11 Å². The van der Waals surface area contributed by atoms with Crippen LogP contribution in [-0.2, 0) is 4.79 Å². The Morgan fingerprint density at radius 3 is 2.53 bits per heavy atom. The molecule has 1 rings (SSSR count). The van der Waals surface area contributed by atoms with Crippen LogP contribution in [0.2, 0.25) is 0 Å². The van der Waals surface area contributed by atoms with Gasteiger partial charge in [0.25, 0.3) is 5.91 Å². The number of rotatable bonds is 4. The SMILES string of the molecule is CCC(NC(=O)c1cncnc1)C(=O)O. The van der Waals surface area contributed by atoms with E-state index >= 15 is 0 Å². The molecular formula is C9H11N3O3. The Hall–Kier alpha value is -1.98. The maximum absolute atomic E-state index is 11.5. The molecule has 0 saturated carbocycles. The lowest BCUT2D eigenvalue weighted by Gasteiger charge is -2.11. The van der Waals surface area contributed by atoms with Gasteiger partial charge in [-0.25, -0.2) is 14.8 Å². The number of amides is 1. The van der Waals surface area contributed by atoms with E-state index in [1.165, 1.54) is 18.7 Å². The van der Waals surface area contributed by atoms with Gasteiger partial charge >= 0.3 is 5.97 Å². The molecular weight excluding hydrogens is 198 g/mol. The van der Waals surface area contributed by atoms with Gasteiger partial charge in [0.05, 0.1) is 5.56 Å². The van der Waals surface area contributed by atoms with Crippen molar-refractivity contribution in [1.29, 1.82) is 0 Å². The largest absolute Gasteiger partial charge is 0.480 e. The molecule has 0 saturated heterocycles. The number of nitrogens with zero attached hydrogens (tertiary/aromatic N) is 2. The highest BCUT2D eigenvalue weighted by molar-refractivity contribution is 5.95. The number of hydrogen-bond donors (Lipinski definition) is 2. The van der Waals surface area contributed by atoms with Crippen molar-refractivity contribution in [3.8, 4) is 0 Å². The van der Waals surface area contributed by atoms with Gasteiger partial charge in [-0.15, -0.1) is 0 Å². The quantitative estimate of drug-likeness (QED) is 0.732. The van der Waals surface area contributed by atoms with Crippen LogP contribution in [0.15, 0.2) is 18.7 Å². The topological polar surface area (TPSA) is 92.2 Å². The second-order valence-electron chi connectivity index (χ2n) is 2.90. The van der Waals surface area contributed by atoms with Crippen molar-refractivity contribution in [3.63, 3.8) is 0 Å². The molecule has 1 aromatic heterocycles. The molecule has 0 aromatic carbocycles. The maximum Gasteiger partial charge on any atom is 0.326 e. The minimum Gasteiger partial charge on any atom is -0.480 e. The summed E-state index contributed by atoms with van der Waals surface area (Å²) in [5.74, 6) is -1.53. The molecule has 6 heteroatoms. The molecule has 0 radical (unpaired) electrons. The van der Waals surface area contributed by atoms with Crippen LogP contribution in [0.1, 0.15) is 23.7 Å². The van der Waals surface area contributed by atoms with E-state index in [1.54, 1.807) is 6.92 Å². The zero-order valence-corrected chi connectivity index (χ0v) is 8.17. The third-order valence-electron chi connectivity index (χ3n) is 1.83. The second-order valence-corrected chi connectivity index (χ2v) is 2.90. The summed E-state index contributed by atoms with van der Waals surface area (Å²) in [6.07, 6.45) is 4.29. The molecule has 0 aliphatic carbocycles. The molecule has 1 amide bonds. The molecule has 0 aliphatic heterocycles. The first kappa shape index (κ1) is 11.1. The predicted molar refractivity (Wildman–Crippen MR) is 51.2 cm³/mol. The Balaban J connectivity index is 2.67. The monoisotopic (exact) mass is 209 g/mol. The molecule has 0 spiro atoms. The van der Waals surface area contributed by atoms with Crippen molar-refractivity contribution in [1.82, 2.24) is 15.3 Å². The zero-order chi connectivity index (χ0) is 11.3. The van der Waals surface area contributed by atoms with E-state index in [2.05, 4.69) is 15.3 Å². The summed E-state index contributed by atoms with van der Waals surface area (Å²) in [4.78, 5) is 29.4. The smallest absolute Gasteiger partial charge is 0.326 e. The van der Waals surface area contributed by atoms with Gasteiger partial charge in [0.15, 0.2) is 0 Å². The molecule has 0 aliphatic rings. The fourth-order valence-electron chi connectivity index (χ4n) is 0.996. The van der Waals surface area contributed by atoms with E-state index in [-0.39, 0.29) is 5.56 Å². The lowest BCUT2D eigenvalue weighted by atomic mass is 10.2. The minimum absolute atomic E-state index is 0.247. The zero-order valence-electron chi connectivity index (χ0n) is 8.17. The predicted octanol–water partition coefficient (Wildman–Crippen LogP) is 0.0696. The highest BCUT2D eigenvalue weighted by Gasteiger charge is 2.18. The van der Waals surface area contributed by atoms with E-state index < -0.39 is 17.9 Å². The van der Waals surface area contributed by atoms with Gasteiger partial charge in [0.1, 0.15) is 12.4 Å². The lowest BCUT2D eigenvalue weighted by molar-refractivity contribution is -0.139. The van der Waals surface area contributed by atoms with Gasteiger partial charge in [-0.1, -0.05) is 6.92 Å². The van der Waals surface area contributed by atoms with Gasteiger partial charge in [-0.05, 0) is 6.42 Å². The first-order valence-electron chi connectivity index (χ1n) is 4.43. The number of carbonyl (C=O) groups excluding carboxylic acids is 1. The van der Waals surface area contributed by atoms with Crippen molar-refractivity contribution in [2.75, 3.05) is 0 Å². The number of nitrogens with one attached hydrogen (secondary N) is 1. The van der Waals surface area contributed by atoms with Crippen LogP contribution in [0.25, 0.3) is 0 Å². The van der Waals surface area contributed by atoms with Crippen molar-refractivity contribution in [3.05, 3.63) is 24.3 Å². The molecule has 1 unspecified atom stereocenters. The summed E-state index contributed by atoms with van der Waals surface area (Å²) in [5.41, 5.74) is 0.247. The van der Waals surface area contributed by atoms with E-state index in [0.29, 0.717) is 6.42 Å². The number of aliphatic carboxylic acids is 1. The highest BCUT2D eigenvalue weighted by atomic mass is 16.4. The number of aromatic nitrogens is 2. The molecule has 0 bridgehead atoms. The third-order valence-corrected chi connectivity index (χ3v) is 1.83. The summed E-state index contributed by atoms with van der Waals surface area (Å²) in [6.45, 7) is 1.68. The highest BCUT2D eigenvalue weighted by Crippen LogP contribution is 1.97. The van der Waals surface area contributed by atoms with Crippen molar-refractivity contribution in [2.45, 2.75) is 19.4 Å². The standard InChI is InChI=1S/C9H11N3O3/c1-2-7(9(14)15)12-8(13)6-3-10-5-11-4-6/h3-5,7H,2H2,1H3,(H,12,13)(H,14,15). The Bertz CT molecular complexity index is 353. The number of hydrogen-bond acceptors (Lipinski definition) is 4. The van der Waals surface area contributed by atoms with Crippen LogP contribution in [-0.4, -0.2) is 33.0 Å². The van der Waals surface area contributed by atoms with Gasteiger partial charge in [-0.2, -0.15) is 0 Å². The second kappa shape index (κ2) is 5.04. The normalized spacial score (nSPS) is 11.8. The van der Waals surface area contributed by atoms with Crippen molar-refractivity contribution < 1.29 is 14.7 Å². The van der Waals surface area contributed by atoms with Gasteiger partial charge < -0.3 is 10.4 Å². The molecule has 2 N–H and O–H groups in total. The van der Waals surface area contributed by atoms with E-state index in [0.717, 1.165) is 0 Å². The lowest BCUT2D eigenvalue weighted by Crippen LogP contribution is -2.40. The Labute approximate surface area is 86.4 Å². The van der Waals surface area contributed by atoms with Crippen LogP contribution < -0.4 is 5.32 Å². The molecule has 80 valence electrons. The van der Waals surface area contributed by atoms with Gasteiger partial charge in [0.2, 0.25) is 0 Å². The van der Waals surface area contributed by atoms with E-state index in [9.17, 15) is 9.59 Å². The maximum atomic E-state index is 11.5. The molecule has 15 heavy (non-hydrogen) atoms. The van der Waals surface area contributed by atoms with Crippen molar-refractivity contribution >= 4 is 11.9 Å². The number of carboxylic acid groups (broad SMARTS) is 1. The average molecular weight is 209 g/mol. The first-order chi connectivity index (χ1) is 7.15. The van der Waals surface area contributed by atoms with Crippen LogP contribution >= 0.6 is 0 Å². The van der Waals surface area contributed by atoms with Gasteiger partial charge in [0, 0.05) is 12.4 Å². The van der Waals surface area contributed by atoms with E-state index in [1.807, 2.05) is 0 Å². The van der Waals surface area contributed by atoms with Crippen LogP contribution in [0.5, 0.6) is 0 Å². The Kier molecular flexibility index (Phi) is 3.73. The molecule has 6 nitrogen and oxygen atoms in total. The van der Waals surface area contributed by atoms with Crippen LogP contribution in [0.4, 0.5) is 0 Å². The van der Waals surface area contributed by atoms with Crippen LogP contribution in [0.3, 0.4) is 0 Å². The summed E-state index contributed by atoms with van der Waals surface area (Å²) in [7, 11) is 0. The molecule has 1 heterocycles. The minimum atomic E-state index is -1.05. The molecule has 1 atom stereocenters. The third kappa shape index (κ3) is 3.01. The summed E-state index contributed by atoms with van der Waals surface area (Å²) in [6, 6.07) is -0.877. The fraction of sp³-hybridized carbons (Fsp3) is 0.333. The first-order valence-corrected chi connectivity index (χ1v) is 4.43. The van der Waals surface area contributed by atoms with Crippen molar-refractivity contribution in [2.24, 2.45) is 0 Å². The Morgan fingerprint density at radius 1 is 1.47 bits per heavy atom. The molecule has 1 aromatic rings. The summed E-state index contributed by atoms with van der Waals surface area (Å²) < 4.78 is 0. The van der Waals surface area contributed by atoms with Gasteiger partial charge in [-0.3, -0.25) is 4.79 Å². The summed E-state index contributed by atoms with van der Waals surface area (Å²) >= 11 is 0. The van der Waals surface area contributed by atoms with Crippen LogP contribution in [0, 0.1) is 0 Å².